The van der Waals surface area contributed by atoms with Crippen molar-refractivity contribution in [2.45, 2.75) is 19.4 Å². The first kappa shape index (κ1) is 15.1. The molecule has 0 fully saturated rings. The first-order chi connectivity index (χ1) is 11.1. The highest BCUT2D eigenvalue weighted by Crippen LogP contribution is 2.31. The zero-order valence-electron chi connectivity index (χ0n) is 12.9. The Bertz CT molecular complexity index is 740. The van der Waals surface area contributed by atoms with Crippen LogP contribution in [0.5, 0.6) is 5.75 Å². The van der Waals surface area contributed by atoms with Gasteiger partial charge in [-0.05, 0) is 49.2 Å². The molecule has 5 heteroatoms. The molecule has 2 aromatic rings. The number of amides is 2. The summed E-state index contributed by atoms with van der Waals surface area (Å²) in [5.74, 6) is -0.0416. The van der Waals surface area contributed by atoms with Crippen LogP contribution >= 0.6 is 0 Å². The number of nitrogens with two attached hydrogens (primary N) is 1. The number of anilines is 1. The van der Waals surface area contributed by atoms with Gasteiger partial charge in [0.2, 0.25) is 5.91 Å². The van der Waals surface area contributed by atoms with E-state index in [-0.39, 0.29) is 18.6 Å². The first-order valence-corrected chi connectivity index (χ1v) is 7.49. The molecule has 2 amide bonds. The van der Waals surface area contributed by atoms with E-state index in [2.05, 4.69) is 0 Å². The van der Waals surface area contributed by atoms with E-state index in [1.807, 2.05) is 31.2 Å². The summed E-state index contributed by atoms with van der Waals surface area (Å²) in [4.78, 5) is 25.3. The maximum atomic E-state index is 12.5. The number of rotatable bonds is 4. The Labute approximate surface area is 134 Å². The molecule has 1 atom stereocenters. The summed E-state index contributed by atoms with van der Waals surface area (Å²) in [6, 6.07) is 14.5. The van der Waals surface area contributed by atoms with Gasteiger partial charge in [-0.2, -0.15) is 0 Å². The van der Waals surface area contributed by atoms with Gasteiger partial charge in [0.25, 0.3) is 5.91 Å². The van der Waals surface area contributed by atoms with Crippen molar-refractivity contribution < 1.29 is 14.3 Å². The number of carbonyl (C=O) groups is 2. The Hall–Kier alpha value is -2.82. The predicted octanol–water partition coefficient (Wildman–Crippen LogP) is 2.14. The molecule has 0 saturated carbocycles. The van der Waals surface area contributed by atoms with E-state index >= 15 is 0 Å². The monoisotopic (exact) mass is 310 g/mol. The van der Waals surface area contributed by atoms with Crippen LogP contribution in [0.25, 0.3) is 0 Å². The molecule has 1 heterocycles. The summed E-state index contributed by atoms with van der Waals surface area (Å²) < 4.78 is 5.53. The summed E-state index contributed by atoms with van der Waals surface area (Å²) in [7, 11) is 0. The van der Waals surface area contributed by atoms with E-state index in [1.165, 1.54) is 5.56 Å². The van der Waals surface area contributed by atoms with Crippen molar-refractivity contribution in [3.8, 4) is 5.75 Å². The summed E-state index contributed by atoms with van der Waals surface area (Å²) >= 11 is 0. The number of ether oxygens (including phenoxy) is 1. The fourth-order valence-corrected chi connectivity index (χ4v) is 2.88. The van der Waals surface area contributed by atoms with Gasteiger partial charge in [0, 0.05) is 17.3 Å². The molecule has 0 bridgehead atoms. The van der Waals surface area contributed by atoms with Crippen LogP contribution in [0.1, 0.15) is 22.8 Å². The normalized spacial score (nSPS) is 16.0. The van der Waals surface area contributed by atoms with Crippen LogP contribution < -0.4 is 15.4 Å². The van der Waals surface area contributed by atoms with Gasteiger partial charge < -0.3 is 15.4 Å². The zero-order valence-corrected chi connectivity index (χ0v) is 12.9. The van der Waals surface area contributed by atoms with Crippen LogP contribution in [0.15, 0.2) is 48.5 Å². The van der Waals surface area contributed by atoms with Crippen LogP contribution in [0.3, 0.4) is 0 Å². The number of benzene rings is 2. The van der Waals surface area contributed by atoms with Gasteiger partial charge >= 0.3 is 0 Å². The van der Waals surface area contributed by atoms with E-state index < -0.39 is 5.91 Å². The van der Waals surface area contributed by atoms with Gasteiger partial charge in [-0.15, -0.1) is 0 Å². The lowest BCUT2D eigenvalue weighted by atomic mass is 10.1. The number of hydrogen-bond donors (Lipinski definition) is 1. The van der Waals surface area contributed by atoms with Crippen molar-refractivity contribution in [3.63, 3.8) is 0 Å². The summed E-state index contributed by atoms with van der Waals surface area (Å²) in [5.41, 5.74) is 7.73. The molecule has 0 radical (unpaired) electrons. The van der Waals surface area contributed by atoms with Gasteiger partial charge in [-0.3, -0.25) is 9.59 Å². The standard InChI is InChI=1S/C18H18N2O3/c1-12-10-14-4-2-3-5-16(14)20(12)17(21)11-23-15-8-6-13(7-9-15)18(19)22/h2-9,12H,10-11H2,1H3,(H2,19,22). The van der Waals surface area contributed by atoms with Crippen LogP contribution in [-0.4, -0.2) is 24.5 Å². The molecule has 0 spiro atoms. The molecular weight excluding hydrogens is 292 g/mol. The van der Waals surface area contributed by atoms with Gasteiger partial charge in [0.05, 0.1) is 0 Å². The Morgan fingerprint density at radius 3 is 2.57 bits per heavy atom. The minimum atomic E-state index is -0.491. The lowest BCUT2D eigenvalue weighted by Gasteiger charge is -2.22. The van der Waals surface area contributed by atoms with Crippen LogP contribution in [0, 0.1) is 0 Å². The number of primary amides is 1. The Morgan fingerprint density at radius 2 is 1.87 bits per heavy atom. The molecular formula is C18H18N2O3. The molecule has 0 saturated heterocycles. The lowest BCUT2D eigenvalue weighted by Crippen LogP contribution is -2.39. The second-order valence-corrected chi connectivity index (χ2v) is 5.62. The van der Waals surface area contributed by atoms with Crippen LogP contribution in [0.4, 0.5) is 5.69 Å². The van der Waals surface area contributed by atoms with E-state index in [9.17, 15) is 9.59 Å². The van der Waals surface area contributed by atoms with E-state index in [0.717, 1.165) is 12.1 Å². The average Bonchev–Trinajstić information content (AvgIpc) is 2.88. The fourth-order valence-electron chi connectivity index (χ4n) is 2.88. The summed E-state index contributed by atoms with van der Waals surface area (Å²) in [5, 5.41) is 0. The van der Waals surface area contributed by atoms with Crippen LogP contribution in [0.2, 0.25) is 0 Å². The van der Waals surface area contributed by atoms with Crippen molar-refractivity contribution in [1.82, 2.24) is 0 Å². The topological polar surface area (TPSA) is 72.6 Å². The minimum Gasteiger partial charge on any atom is -0.484 e. The maximum Gasteiger partial charge on any atom is 0.265 e. The highest BCUT2D eigenvalue weighted by atomic mass is 16.5. The minimum absolute atomic E-state index is 0.0470. The Morgan fingerprint density at radius 1 is 1.17 bits per heavy atom. The molecule has 0 aromatic heterocycles. The summed E-state index contributed by atoms with van der Waals surface area (Å²) in [6.07, 6.45) is 0.856. The maximum absolute atomic E-state index is 12.5. The van der Waals surface area contributed by atoms with Gasteiger partial charge in [0.15, 0.2) is 6.61 Å². The van der Waals surface area contributed by atoms with Gasteiger partial charge in [-0.25, -0.2) is 0 Å². The number of hydrogen-bond acceptors (Lipinski definition) is 3. The largest absolute Gasteiger partial charge is 0.484 e. The van der Waals surface area contributed by atoms with E-state index in [1.54, 1.807) is 29.2 Å². The Balaban J connectivity index is 1.67. The first-order valence-electron chi connectivity index (χ1n) is 7.49. The second-order valence-electron chi connectivity index (χ2n) is 5.62. The number of para-hydroxylation sites is 1. The van der Waals surface area contributed by atoms with Crippen LogP contribution in [-0.2, 0) is 11.2 Å². The molecule has 2 N–H and O–H groups in total. The fraction of sp³-hybridized carbons (Fsp3) is 0.222. The van der Waals surface area contributed by atoms with E-state index in [4.69, 9.17) is 10.5 Å². The molecule has 5 nitrogen and oxygen atoms in total. The molecule has 118 valence electrons. The van der Waals surface area contributed by atoms with Gasteiger partial charge in [-0.1, -0.05) is 18.2 Å². The average molecular weight is 310 g/mol. The number of fused-ring (bicyclic) bond motifs is 1. The van der Waals surface area contributed by atoms with Crippen molar-refractivity contribution in [2.75, 3.05) is 11.5 Å². The second kappa shape index (κ2) is 6.12. The SMILES string of the molecule is CC1Cc2ccccc2N1C(=O)COc1ccc(C(N)=O)cc1. The number of nitrogens with zero attached hydrogens (tertiary/aromatic N) is 1. The summed E-state index contributed by atoms with van der Waals surface area (Å²) in [6.45, 7) is 1.98. The third kappa shape index (κ3) is 3.04. The Kier molecular flexibility index (Phi) is 4.02. The molecule has 1 unspecified atom stereocenters. The predicted molar refractivity (Wildman–Crippen MR) is 87.5 cm³/mol. The molecule has 23 heavy (non-hydrogen) atoms. The third-order valence-corrected chi connectivity index (χ3v) is 3.98. The van der Waals surface area contributed by atoms with Crippen molar-refractivity contribution in [2.24, 2.45) is 5.73 Å². The van der Waals surface area contributed by atoms with Crippen molar-refractivity contribution >= 4 is 17.5 Å². The lowest BCUT2D eigenvalue weighted by molar-refractivity contribution is -0.120. The quantitative estimate of drug-likeness (QED) is 0.940. The molecule has 0 aliphatic carbocycles. The molecule has 1 aliphatic heterocycles. The van der Waals surface area contributed by atoms with Gasteiger partial charge in [0.1, 0.15) is 5.75 Å². The highest BCUT2D eigenvalue weighted by Gasteiger charge is 2.30. The van der Waals surface area contributed by atoms with E-state index in [0.29, 0.717) is 11.3 Å². The highest BCUT2D eigenvalue weighted by molar-refractivity contribution is 5.97. The molecule has 1 aliphatic rings. The molecule has 3 rings (SSSR count). The zero-order chi connectivity index (χ0) is 16.4. The van der Waals surface area contributed by atoms with Crippen molar-refractivity contribution in [1.29, 1.82) is 0 Å². The molecule has 2 aromatic carbocycles. The third-order valence-electron chi connectivity index (χ3n) is 3.98. The number of carbonyl (C=O) groups excluding carboxylic acids is 2. The smallest absolute Gasteiger partial charge is 0.265 e. The van der Waals surface area contributed by atoms with Crippen molar-refractivity contribution in [3.05, 3.63) is 59.7 Å².